The quantitative estimate of drug-likeness (QED) is 0.548. The van der Waals surface area contributed by atoms with E-state index in [9.17, 15) is 14.4 Å². The van der Waals surface area contributed by atoms with Crippen LogP contribution in [0.15, 0.2) is 52.9 Å². The van der Waals surface area contributed by atoms with Crippen LogP contribution in [0, 0.1) is 6.92 Å². The van der Waals surface area contributed by atoms with Gasteiger partial charge in [0.1, 0.15) is 5.54 Å². The topological polar surface area (TPSA) is 117 Å². The molecule has 0 radical (unpaired) electrons. The highest BCUT2D eigenvalue weighted by atomic mass is 16.4. The van der Waals surface area contributed by atoms with Crippen LogP contribution in [0.3, 0.4) is 0 Å². The molecule has 2 aromatic carbocycles. The van der Waals surface area contributed by atoms with Gasteiger partial charge in [0, 0.05) is 30.1 Å². The van der Waals surface area contributed by atoms with E-state index in [1.54, 1.807) is 24.3 Å². The first kappa shape index (κ1) is 22.8. The summed E-state index contributed by atoms with van der Waals surface area (Å²) in [6.07, 6.45) is 1.89. The van der Waals surface area contributed by atoms with Crippen LogP contribution in [-0.2, 0) is 10.3 Å². The number of hydrogen-bond acceptors (Lipinski definition) is 6. The van der Waals surface area contributed by atoms with Crippen molar-refractivity contribution < 1.29 is 18.8 Å². The Morgan fingerprint density at radius 3 is 2.43 bits per heavy atom. The molecule has 0 saturated carbocycles. The number of urea groups is 1. The third kappa shape index (κ3) is 4.07. The number of likely N-dealkylation sites (tertiary alicyclic amines) is 1. The molecule has 0 spiro atoms. The van der Waals surface area contributed by atoms with Crippen molar-refractivity contribution in [3.8, 4) is 11.5 Å². The Labute approximate surface area is 202 Å². The standard InChI is InChI=1S/C26H27N5O4/c1-3-26(24(33)27-25(34)28-26)19-10-8-18(9-11-19)23(32)31-14-12-17(13-15-31)21-29-30-22(35-21)20-7-5-4-6-16(20)2/h4-11,17H,3,12-15H2,1-2H3,(H2,27,28,33,34). The van der Waals surface area contributed by atoms with Crippen molar-refractivity contribution in [3.63, 3.8) is 0 Å². The van der Waals surface area contributed by atoms with Crippen molar-refractivity contribution in [1.82, 2.24) is 25.7 Å². The lowest BCUT2D eigenvalue weighted by Gasteiger charge is -2.31. The Kier molecular flexibility index (Phi) is 5.84. The molecule has 3 aromatic rings. The number of aryl methyl sites for hydroxylation is 1. The zero-order chi connectivity index (χ0) is 24.6. The lowest BCUT2D eigenvalue weighted by Crippen LogP contribution is -2.43. The molecule has 1 atom stereocenters. The Balaban J connectivity index is 1.23. The number of aromatic nitrogens is 2. The number of benzene rings is 2. The molecular weight excluding hydrogens is 446 g/mol. The average Bonchev–Trinajstić information content (AvgIpc) is 3.48. The number of piperidine rings is 1. The molecule has 2 aliphatic heterocycles. The van der Waals surface area contributed by atoms with E-state index in [-0.39, 0.29) is 17.7 Å². The van der Waals surface area contributed by atoms with Gasteiger partial charge in [-0.05, 0) is 55.5 Å². The molecule has 1 unspecified atom stereocenters. The van der Waals surface area contributed by atoms with Gasteiger partial charge in [0.2, 0.25) is 11.8 Å². The SMILES string of the molecule is CCC1(c2ccc(C(=O)N3CCC(c4nnc(-c5ccccc5C)o4)CC3)cc2)NC(=O)NC1=O. The number of hydrogen-bond donors (Lipinski definition) is 2. The van der Waals surface area contributed by atoms with Gasteiger partial charge < -0.3 is 14.6 Å². The van der Waals surface area contributed by atoms with Gasteiger partial charge in [-0.2, -0.15) is 0 Å². The summed E-state index contributed by atoms with van der Waals surface area (Å²) in [5.41, 5.74) is 2.11. The molecule has 2 N–H and O–H groups in total. The highest BCUT2D eigenvalue weighted by molar-refractivity contribution is 6.07. The van der Waals surface area contributed by atoms with Gasteiger partial charge in [0.15, 0.2) is 0 Å². The van der Waals surface area contributed by atoms with Crippen LogP contribution < -0.4 is 10.6 Å². The Morgan fingerprint density at radius 2 is 1.80 bits per heavy atom. The minimum absolute atomic E-state index is 0.0633. The molecule has 2 saturated heterocycles. The fourth-order valence-electron chi connectivity index (χ4n) is 4.88. The Morgan fingerprint density at radius 1 is 1.09 bits per heavy atom. The van der Waals surface area contributed by atoms with Crippen molar-refractivity contribution >= 4 is 17.8 Å². The molecule has 9 nitrogen and oxygen atoms in total. The molecule has 4 amide bonds. The van der Waals surface area contributed by atoms with Crippen LogP contribution in [0.5, 0.6) is 0 Å². The summed E-state index contributed by atoms with van der Waals surface area (Å²) in [5, 5.41) is 13.5. The maximum absolute atomic E-state index is 13.1. The molecule has 35 heavy (non-hydrogen) atoms. The smallest absolute Gasteiger partial charge is 0.322 e. The Bertz CT molecular complexity index is 1280. The maximum Gasteiger partial charge on any atom is 0.322 e. The second-order valence-corrected chi connectivity index (χ2v) is 9.07. The monoisotopic (exact) mass is 473 g/mol. The Hall–Kier alpha value is -4.01. The van der Waals surface area contributed by atoms with E-state index >= 15 is 0 Å². The fourth-order valence-corrected chi connectivity index (χ4v) is 4.88. The molecule has 180 valence electrons. The second-order valence-electron chi connectivity index (χ2n) is 9.07. The van der Waals surface area contributed by atoms with E-state index in [1.807, 2.05) is 43.0 Å². The van der Waals surface area contributed by atoms with Gasteiger partial charge >= 0.3 is 6.03 Å². The van der Waals surface area contributed by atoms with E-state index in [4.69, 9.17) is 4.42 Å². The fraction of sp³-hybridized carbons (Fsp3) is 0.346. The van der Waals surface area contributed by atoms with Gasteiger partial charge in [0.05, 0.1) is 0 Å². The molecule has 1 aromatic heterocycles. The zero-order valence-electron chi connectivity index (χ0n) is 19.7. The van der Waals surface area contributed by atoms with Crippen LogP contribution in [0.2, 0.25) is 0 Å². The molecular formula is C26H27N5O4. The van der Waals surface area contributed by atoms with Crippen LogP contribution in [0.1, 0.15) is 59.5 Å². The number of nitrogens with one attached hydrogen (secondary N) is 2. The van der Waals surface area contributed by atoms with E-state index in [1.165, 1.54) is 0 Å². The van der Waals surface area contributed by atoms with Crippen LogP contribution >= 0.6 is 0 Å². The first-order valence-electron chi connectivity index (χ1n) is 11.8. The number of rotatable bonds is 5. The lowest BCUT2D eigenvalue weighted by atomic mass is 9.87. The molecule has 0 aliphatic carbocycles. The zero-order valence-corrected chi connectivity index (χ0v) is 19.7. The van der Waals surface area contributed by atoms with Gasteiger partial charge in [0.25, 0.3) is 11.8 Å². The van der Waals surface area contributed by atoms with E-state index < -0.39 is 11.6 Å². The summed E-state index contributed by atoms with van der Waals surface area (Å²) in [6.45, 7) is 5.02. The summed E-state index contributed by atoms with van der Waals surface area (Å²) in [5.74, 6) is 0.806. The molecule has 3 heterocycles. The first-order valence-corrected chi connectivity index (χ1v) is 11.8. The van der Waals surface area contributed by atoms with Crippen molar-refractivity contribution in [3.05, 3.63) is 71.1 Å². The summed E-state index contributed by atoms with van der Waals surface area (Å²) < 4.78 is 5.98. The highest BCUT2D eigenvalue weighted by Gasteiger charge is 2.46. The number of carbonyl (C=O) groups excluding carboxylic acids is 3. The predicted octanol–water partition coefficient (Wildman–Crippen LogP) is 3.51. The molecule has 0 bridgehead atoms. The molecule has 5 rings (SSSR count). The van der Waals surface area contributed by atoms with Crippen molar-refractivity contribution in [2.75, 3.05) is 13.1 Å². The van der Waals surface area contributed by atoms with Crippen molar-refractivity contribution in [2.45, 2.75) is 44.6 Å². The number of nitrogens with zero attached hydrogens (tertiary/aromatic N) is 3. The summed E-state index contributed by atoms with van der Waals surface area (Å²) in [4.78, 5) is 39.0. The van der Waals surface area contributed by atoms with Gasteiger partial charge in [-0.1, -0.05) is 37.3 Å². The van der Waals surface area contributed by atoms with Gasteiger partial charge in [-0.25, -0.2) is 4.79 Å². The molecule has 9 heteroatoms. The van der Waals surface area contributed by atoms with E-state index in [0.29, 0.717) is 42.4 Å². The minimum atomic E-state index is -1.10. The maximum atomic E-state index is 13.1. The van der Waals surface area contributed by atoms with Crippen LogP contribution in [-0.4, -0.2) is 46.0 Å². The first-order chi connectivity index (χ1) is 16.9. The number of amides is 4. The molecule has 2 aliphatic rings. The molecule has 2 fully saturated rings. The third-order valence-electron chi connectivity index (χ3n) is 7.04. The van der Waals surface area contributed by atoms with Crippen molar-refractivity contribution in [1.29, 1.82) is 0 Å². The third-order valence-corrected chi connectivity index (χ3v) is 7.04. The van der Waals surface area contributed by atoms with Crippen molar-refractivity contribution in [2.24, 2.45) is 0 Å². The van der Waals surface area contributed by atoms with Gasteiger partial charge in [-0.15, -0.1) is 10.2 Å². The number of imide groups is 1. The van der Waals surface area contributed by atoms with E-state index in [0.717, 1.165) is 24.0 Å². The number of carbonyl (C=O) groups is 3. The van der Waals surface area contributed by atoms with Crippen LogP contribution in [0.25, 0.3) is 11.5 Å². The summed E-state index contributed by atoms with van der Waals surface area (Å²) in [7, 11) is 0. The normalized spacial score (nSPS) is 20.6. The van der Waals surface area contributed by atoms with Gasteiger partial charge in [-0.3, -0.25) is 14.9 Å². The van der Waals surface area contributed by atoms with Crippen LogP contribution in [0.4, 0.5) is 4.79 Å². The average molecular weight is 474 g/mol. The minimum Gasteiger partial charge on any atom is -0.420 e. The second kappa shape index (κ2) is 8.98. The lowest BCUT2D eigenvalue weighted by molar-refractivity contribution is -0.124. The van der Waals surface area contributed by atoms with E-state index in [2.05, 4.69) is 20.8 Å². The predicted molar refractivity (Wildman–Crippen MR) is 127 cm³/mol. The highest BCUT2D eigenvalue weighted by Crippen LogP contribution is 2.32. The summed E-state index contributed by atoms with van der Waals surface area (Å²) >= 11 is 0. The largest absolute Gasteiger partial charge is 0.420 e. The summed E-state index contributed by atoms with van der Waals surface area (Å²) in [6, 6.07) is 14.3.